The zero-order chi connectivity index (χ0) is 19.0. The lowest BCUT2D eigenvalue weighted by Gasteiger charge is -2.62. The Bertz CT molecular complexity index is 662. The highest BCUT2D eigenvalue weighted by Crippen LogP contribution is 2.70. The fourth-order valence-corrected chi connectivity index (χ4v) is 7.07. The van der Waals surface area contributed by atoms with E-state index in [2.05, 4.69) is 6.08 Å². The lowest BCUT2D eigenvalue weighted by molar-refractivity contribution is -0.226. The van der Waals surface area contributed by atoms with Crippen molar-refractivity contribution in [1.29, 1.82) is 0 Å². The number of aliphatic hydroxyl groups is 4. The monoisotopic (exact) mass is 366 g/mol. The Hall–Kier alpha value is -0.750. The largest absolute Gasteiger partial charge is 0.396 e. The minimum absolute atomic E-state index is 0.0439. The fraction of sp³-hybridized carbons (Fsp3) is 0.810. The van der Waals surface area contributed by atoms with Crippen LogP contribution in [0.25, 0.3) is 0 Å². The van der Waals surface area contributed by atoms with Crippen LogP contribution in [0.5, 0.6) is 0 Å². The molecular formula is C21H31FO4. The van der Waals surface area contributed by atoms with Gasteiger partial charge in [-0.1, -0.05) is 30.7 Å². The molecule has 5 heteroatoms. The molecule has 0 aromatic rings. The molecule has 0 saturated heterocycles. The third-order valence-electron chi connectivity index (χ3n) is 8.60. The summed E-state index contributed by atoms with van der Waals surface area (Å²) in [4.78, 5) is 0. The van der Waals surface area contributed by atoms with E-state index in [9.17, 15) is 20.4 Å². The number of rotatable bonds is 2. The van der Waals surface area contributed by atoms with Crippen LogP contribution >= 0.6 is 0 Å². The van der Waals surface area contributed by atoms with Crippen molar-refractivity contribution in [3.05, 3.63) is 23.8 Å². The fourth-order valence-electron chi connectivity index (χ4n) is 7.07. The maximum absolute atomic E-state index is 16.7. The number of hydrogen-bond donors (Lipinski definition) is 4. The van der Waals surface area contributed by atoms with Crippen LogP contribution in [0.15, 0.2) is 23.8 Å². The van der Waals surface area contributed by atoms with Crippen molar-refractivity contribution < 1.29 is 24.8 Å². The maximum Gasteiger partial charge on any atom is 0.152 e. The molecule has 8 atom stereocenters. The van der Waals surface area contributed by atoms with Crippen LogP contribution in [0.2, 0.25) is 0 Å². The zero-order valence-corrected chi connectivity index (χ0v) is 15.7. The molecule has 0 aromatic carbocycles. The molecule has 0 radical (unpaired) electrons. The number of fused-ring (bicyclic) bond motifs is 5. The molecule has 3 fully saturated rings. The minimum atomic E-state index is -1.80. The van der Waals surface area contributed by atoms with Crippen LogP contribution in [0.3, 0.4) is 0 Å². The van der Waals surface area contributed by atoms with E-state index in [0.29, 0.717) is 12.8 Å². The molecular weight excluding hydrogens is 335 g/mol. The van der Waals surface area contributed by atoms with Gasteiger partial charge < -0.3 is 20.4 Å². The molecule has 4 aliphatic carbocycles. The van der Waals surface area contributed by atoms with Crippen molar-refractivity contribution in [3.63, 3.8) is 0 Å². The number of allylic oxidation sites excluding steroid dienone is 4. The topological polar surface area (TPSA) is 80.9 Å². The molecule has 26 heavy (non-hydrogen) atoms. The van der Waals surface area contributed by atoms with Gasteiger partial charge in [-0.3, -0.25) is 0 Å². The lowest BCUT2D eigenvalue weighted by atomic mass is 9.44. The number of aliphatic hydroxyl groups excluding tert-OH is 3. The Kier molecular flexibility index (Phi) is 4.03. The molecule has 4 nitrogen and oxygen atoms in total. The summed E-state index contributed by atoms with van der Waals surface area (Å²) in [5.74, 6) is -0.653. The predicted octanol–water partition coefficient (Wildman–Crippen LogP) is 2.26. The van der Waals surface area contributed by atoms with Crippen LogP contribution < -0.4 is 0 Å². The maximum atomic E-state index is 16.7. The highest BCUT2D eigenvalue weighted by molar-refractivity contribution is 5.38. The van der Waals surface area contributed by atoms with Gasteiger partial charge >= 0.3 is 0 Å². The summed E-state index contributed by atoms with van der Waals surface area (Å²) in [5.41, 5.74) is -3.88. The van der Waals surface area contributed by atoms with Crippen molar-refractivity contribution in [2.75, 3.05) is 6.61 Å². The second-order valence-corrected chi connectivity index (χ2v) is 9.38. The molecule has 0 bridgehead atoms. The Morgan fingerprint density at radius 3 is 2.62 bits per heavy atom. The Morgan fingerprint density at radius 2 is 1.92 bits per heavy atom. The first-order valence-corrected chi connectivity index (χ1v) is 9.90. The first-order chi connectivity index (χ1) is 12.1. The molecule has 2 unspecified atom stereocenters. The molecule has 0 heterocycles. The van der Waals surface area contributed by atoms with E-state index >= 15 is 4.39 Å². The Morgan fingerprint density at radius 1 is 1.19 bits per heavy atom. The third kappa shape index (κ3) is 1.93. The van der Waals surface area contributed by atoms with Crippen molar-refractivity contribution in [1.82, 2.24) is 0 Å². The van der Waals surface area contributed by atoms with Gasteiger partial charge in [-0.25, -0.2) is 4.39 Å². The van der Waals surface area contributed by atoms with Crippen molar-refractivity contribution in [2.45, 2.75) is 75.9 Å². The highest BCUT2D eigenvalue weighted by atomic mass is 19.1. The molecule has 0 aliphatic heterocycles. The van der Waals surface area contributed by atoms with Gasteiger partial charge in [0.05, 0.1) is 17.8 Å². The summed E-state index contributed by atoms with van der Waals surface area (Å²) >= 11 is 0. The van der Waals surface area contributed by atoms with Gasteiger partial charge in [-0.15, -0.1) is 0 Å². The zero-order valence-electron chi connectivity index (χ0n) is 15.7. The molecule has 3 saturated carbocycles. The quantitative estimate of drug-likeness (QED) is 0.565. The average molecular weight is 366 g/mol. The molecule has 4 rings (SSSR count). The second kappa shape index (κ2) is 5.63. The minimum Gasteiger partial charge on any atom is -0.396 e. The summed E-state index contributed by atoms with van der Waals surface area (Å²) in [6.45, 7) is 3.50. The lowest BCUT2D eigenvalue weighted by Crippen LogP contribution is -2.68. The van der Waals surface area contributed by atoms with Crippen molar-refractivity contribution in [3.8, 4) is 0 Å². The van der Waals surface area contributed by atoms with E-state index in [1.807, 2.05) is 26.0 Å². The van der Waals surface area contributed by atoms with Crippen LogP contribution in [0.1, 0.15) is 52.4 Å². The summed E-state index contributed by atoms with van der Waals surface area (Å²) in [6.07, 6.45) is 6.40. The number of halogens is 1. The van der Waals surface area contributed by atoms with Crippen molar-refractivity contribution in [2.24, 2.45) is 22.7 Å². The first kappa shape index (κ1) is 18.6. The molecule has 0 spiro atoms. The predicted molar refractivity (Wildman–Crippen MR) is 96.0 cm³/mol. The summed E-state index contributed by atoms with van der Waals surface area (Å²) in [7, 11) is 0. The van der Waals surface area contributed by atoms with E-state index in [-0.39, 0.29) is 25.4 Å². The number of alkyl halides is 1. The van der Waals surface area contributed by atoms with Crippen LogP contribution in [-0.2, 0) is 0 Å². The van der Waals surface area contributed by atoms with E-state index in [4.69, 9.17) is 0 Å². The molecule has 0 amide bonds. The summed E-state index contributed by atoms with van der Waals surface area (Å²) in [5, 5.41) is 42.4. The van der Waals surface area contributed by atoms with E-state index in [0.717, 1.165) is 18.4 Å². The van der Waals surface area contributed by atoms with E-state index in [1.54, 1.807) is 0 Å². The van der Waals surface area contributed by atoms with E-state index < -0.39 is 40.2 Å². The third-order valence-corrected chi connectivity index (χ3v) is 8.60. The van der Waals surface area contributed by atoms with Gasteiger partial charge in [-0.2, -0.15) is 0 Å². The summed E-state index contributed by atoms with van der Waals surface area (Å²) in [6, 6.07) is 0. The normalized spacial score (nSPS) is 55.7. The van der Waals surface area contributed by atoms with Crippen LogP contribution in [0.4, 0.5) is 4.39 Å². The highest BCUT2D eigenvalue weighted by Gasteiger charge is 2.74. The van der Waals surface area contributed by atoms with Gasteiger partial charge in [-0.05, 0) is 44.9 Å². The average Bonchev–Trinajstić information content (AvgIpc) is 2.77. The molecule has 0 aromatic heterocycles. The standard InChI is InChI=1S/C21H31FO4/c1-18-8-4-3-5-13(18)6-7-14-15-11-16(24)20(26,9-10-23)19(15,2)12-17(25)21(14,18)22/h4-5,8,14-17,23-26H,3,6-7,9-12H2,1-2H3/t14-,15-,16?,17?,18-,19-,20+,21-/m0/s1. The Balaban J connectivity index is 1.81. The molecule has 146 valence electrons. The molecule has 4 aliphatic rings. The van der Waals surface area contributed by atoms with Gasteiger partial charge in [0.15, 0.2) is 5.67 Å². The Labute approximate surface area is 154 Å². The van der Waals surface area contributed by atoms with Gasteiger partial charge in [0.2, 0.25) is 0 Å². The van der Waals surface area contributed by atoms with Crippen LogP contribution in [-0.4, -0.2) is 50.5 Å². The van der Waals surface area contributed by atoms with Gasteiger partial charge in [0.25, 0.3) is 0 Å². The van der Waals surface area contributed by atoms with Crippen molar-refractivity contribution >= 4 is 0 Å². The molecule has 4 N–H and O–H groups in total. The second-order valence-electron chi connectivity index (χ2n) is 9.38. The summed E-state index contributed by atoms with van der Waals surface area (Å²) < 4.78 is 16.7. The van der Waals surface area contributed by atoms with Gasteiger partial charge in [0.1, 0.15) is 0 Å². The number of hydrogen-bond acceptors (Lipinski definition) is 4. The first-order valence-electron chi connectivity index (χ1n) is 9.90. The van der Waals surface area contributed by atoms with E-state index in [1.165, 1.54) is 0 Å². The van der Waals surface area contributed by atoms with Crippen LogP contribution in [0, 0.1) is 22.7 Å². The SMILES string of the molecule is C[C@]12C=CCC=C1CC[C@H]1[C@@H]3CC(O)[C@](O)(CCO)[C@@]3(C)CC(O)[C@@]12F. The smallest absolute Gasteiger partial charge is 0.152 e. The van der Waals surface area contributed by atoms with Gasteiger partial charge in [0, 0.05) is 29.8 Å².